The summed E-state index contributed by atoms with van der Waals surface area (Å²) in [6.07, 6.45) is 4.17. The van der Waals surface area contributed by atoms with Crippen LogP contribution in [-0.4, -0.2) is 33.4 Å². The first-order chi connectivity index (χ1) is 12.8. The van der Waals surface area contributed by atoms with Gasteiger partial charge in [-0.05, 0) is 49.5 Å². The molecule has 2 aromatic rings. The van der Waals surface area contributed by atoms with E-state index in [4.69, 9.17) is 8.92 Å². The Kier molecular flexibility index (Phi) is 6.79. The maximum absolute atomic E-state index is 12.6. The van der Waals surface area contributed by atoms with Crippen molar-refractivity contribution >= 4 is 16.1 Å². The van der Waals surface area contributed by atoms with Gasteiger partial charge in [0.25, 0.3) is 0 Å². The molecular weight excluding hydrogens is 366 g/mol. The molecule has 6 nitrogen and oxygen atoms in total. The molecule has 0 unspecified atom stereocenters. The number of aryl methyl sites for hydroxylation is 1. The van der Waals surface area contributed by atoms with Crippen LogP contribution in [0.2, 0.25) is 0 Å². The van der Waals surface area contributed by atoms with Gasteiger partial charge in [0.15, 0.2) is 4.91 Å². The van der Waals surface area contributed by atoms with E-state index in [0.717, 1.165) is 11.6 Å². The molecule has 2 aromatic carbocycles. The second-order valence-corrected chi connectivity index (χ2v) is 7.40. The van der Waals surface area contributed by atoms with Gasteiger partial charge in [-0.3, -0.25) is 0 Å². The van der Waals surface area contributed by atoms with Gasteiger partial charge in [0.2, 0.25) is 0 Å². The van der Waals surface area contributed by atoms with Crippen molar-refractivity contribution in [2.45, 2.75) is 6.92 Å². The predicted octanol–water partition coefficient (Wildman–Crippen LogP) is 3.27. The number of esters is 1. The fraction of sp³-hybridized carbons (Fsp3) is 0.150. The van der Waals surface area contributed by atoms with E-state index < -0.39 is 21.0 Å². The van der Waals surface area contributed by atoms with Gasteiger partial charge in [-0.2, -0.15) is 8.42 Å². The van der Waals surface area contributed by atoms with Crippen molar-refractivity contribution < 1.29 is 22.1 Å². The quantitative estimate of drug-likeness (QED) is 0.239. The maximum atomic E-state index is 12.6. The summed E-state index contributed by atoms with van der Waals surface area (Å²) >= 11 is 0. The lowest BCUT2D eigenvalue weighted by molar-refractivity contribution is -0.129. The molecule has 0 aromatic heterocycles. The highest BCUT2D eigenvalue weighted by Gasteiger charge is 2.28. The molecule has 27 heavy (non-hydrogen) atoms. The Morgan fingerprint density at radius 3 is 2.19 bits per heavy atom. The first-order valence-corrected chi connectivity index (χ1v) is 9.52. The number of carbonyl (C=O) groups is 1. The maximum Gasteiger partial charge on any atom is 0.358 e. The lowest BCUT2D eigenvalue weighted by atomic mass is 10.2. The molecule has 0 saturated carbocycles. The number of rotatable bonds is 7. The summed E-state index contributed by atoms with van der Waals surface area (Å²) in [5, 5.41) is 0. The highest BCUT2D eigenvalue weighted by Crippen LogP contribution is 2.20. The second kappa shape index (κ2) is 9.05. The van der Waals surface area contributed by atoms with E-state index in [-0.39, 0.29) is 11.5 Å². The number of hydrogen-bond donors (Lipinski definition) is 0. The van der Waals surface area contributed by atoms with E-state index >= 15 is 0 Å². The standard InChI is InChI=1S/C20H21NO5S/c1-16-11-13-17(14-12-16)25-20(22)19(10-7-15-21(2)3)27(23,24)26-18-8-5-4-6-9-18/h4-15H,1-3H3. The minimum atomic E-state index is -4.38. The molecule has 0 aliphatic heterocycles. The van der Waals surface area contributed by atoms with Crippen LogP contribution in [0, 0.1) is 6.92 Å². The third-order valence-electron chi connectivity index (χ3n) is 3.28. The molecule has 142 valence electrons. The van der Waals surface area contributed by atoms with Crippen molar-refractivity contribution in [3.63, 3.8) is 0 Å². The molecular formula is C20H21NO5S. The third-order valence-corrected chi connectivity index (χ3v) is 4.54. The van der Waals surface area contributed by atoms with Gasteiger partial charge in [0.05, 0.1) is 0 Å². The SMILES string of the molecule is Cc1ccc(OC(=O)C(=CC=CN(C)C)S(=O)(=O)Oc2ccccc2)cc1. The van der Waals surface area contributed by atoms with Crippen LogP contribution < -0.4 is 8.92 Å². The number of hydrogen-bond acceptors (Lipinski definition) is 6. The van der Waals surface area contributed by atoms with Gasteiger partial charge >= 0.3 is 16.1 Å². The van der Waals surface area contributed by atoms with E-state index in [9.17, 15) is 13.2 Å². The Bertz CT molecular complexity index is 930. The van der Waals surface area contributed by atoms with E-state index in [1.807, 2.05) is 6.92 Å². The van der Waals surface area contributed by atoms with Crippen molar-refractivity contribution in [3.05, 3.63) is 83.4 Å². The summed E-state index contributed by atoms with van der Waals surface area (Å²) in [6.45, 7) is 1.89. The summed E-state index contributed by atoms with van der Waals surface area (Å²) in [5.41, 5.74) is 0.986. The van der Waals surface area contributed by atoms with Crippen molar-refractivity contribution in [1.82, 2.24) is 4.90 Å². The largest absolute Gasteiger partial charge is 0.422 e. The minimum Gasteiger partial charge on any atom is -0.422 e. The molecule has 0 radical (unpaired) electrons. The minimum absolute atomic E-state index is 0.100. The average Bonchev–Trinajstić information content (AvgIpc) is 2.60. The lowest BCUT2D eigenvalue weighted by Crippen LogP contribution is -2.22. The van der Waals surface area contributed by atoms with Gasteiger partial charge < -0.3 is 13.8 Å². The average molecular weight is 387 g/mol. The monoisotopic (exact) mass is 387 g/mol. The topological polar surface area (TPSA) is 72.9 Å². The molecule has 0 heterocycles. The second-order valence-electron chi connectivity index (χ2n) is 5.89. The number of nitrogens with zero attached hydrogens (tertiary/aromatic N) is 1. The Morgan fingerprint density at radius 1 is 0.963 bits per heavy atom. The molecule has 0 amide bonds. The van der Waals surface area contributed by atoms with E-state index in [1.54, 1.807) is 67.7 Å². The fourth-order valence-corrected chi connectivity index (χ4v) is 2.91. The van der Waals surface area contributed by atoms with Crippen molar-refractivity contribution in [2.24, 2.45) is 0 Å². The van der Waals surface area contributed by atoms with Crippen molar-refractivity contribution in [1.29, 1.82) is 0 Å². The first kappa shape index (κ1) is 20.3. The zero-order valence-electron chi connectivity index (χ0n) is 15.3. The molecule has 0 spiro atoms. The van der Waals surface area contributed by atoms with Crippen LogP contribution in [0.3, 0.4) is 0 Å². The number of benzene rings is 2. The van der Waals surface area contributed by atoms with Gasteiger partial charge in [-0.25, -0.2) is 4.79 Å². The van der Waals surface area contributed by atoms with Crippen molar-refractivity contribution in [3.8, 4) is 11.5 Å². The molecule has 0 N–H and O–H groups in total. The van der Waals surface area contributed by atoms with Gasteiger partial charge in [0, 0.05) is 14.1 Å². The van der Waals surface area contributed by atoms with E-state index in [2.05, 4.69) is 0 Å². The summed E-state index contributed by atoms with van der Waals surface area (Å²) < 4.78 is 35.5. The van der Waals surface area contributed by atoms with Gasteiger partial charge in [-0.15, -0.1) is 0 Å². The number of carbonyl (C=O) groups excluding carboxylic acids is 1. The normalized spacial score (nSPS) is 12.0. The smallest absolute Gasteiger partial charge is 0.358 e. The first-order valence-electron chi connectivity index (χ1n) is 8.11. The van der Waals surface area contributed by atoms with Crippen LogP contribution >= 0.6 is 0 Å². The Morgan fingerprint density at radius 2 is 1.59 bits per heavy atom. The summed E-state index contributed by atoms with van der Waals surface area (Å²) in [4.78, 5) is 13.6. The summed E-state index contributed by atoms with van der Waals surface area (Å²) in [7, 11) is -0.849. The molecule has 0 aliphatic rings. The molecule has 0 bridgehead atoms. The van der Waals surface area contributed by atoms with Crippen LogP contribution in [0.15, 0.2) is 77.9 Å². The van der Waals surface area contributed by atoms with Gasteiger partial charge in [0.1, 0.15) is 11.5 Å². The van der Waals surface area contributed by atoms with Crippen LogP contribution in [0.4, 0.5) is 0 Å². The number of allylic oxidation sites excluding steroid dienone is 2. The summed E-state index contributed by atoms with van der Waals surface area (Å²) in [6, 6.07) is 14.6. The number of para-hydroxylation sites is 1. The zero-order valence-corrected chi connectivity index (χ0v) is 16.1. The van der Waals surface area contributed by atoms with E-state index in [1.165, 1.54) is 18.2 Å². The molecule has 0 fully saturated rings. The molecule has 0 atom stereocenters. The lowest BCUT2D eigenvalue weighted by Gasteiger charge is -2.10. The molecule has 2 rings (SSSR count). The van der Waals surface area contributed by atoms with Gasteiger partial charge in [-0.1, -0.05) is 35.9 Å². The van der Waals surface area contributed by atoms with Crippen molar-refractivity contribution in [2.75, 3.05) is 14.1 Å². The Balaban J connectivity index is 2.32. The van der Waals surface area contributed by atoms with E-state index in [0.29, 0.717) is 0 Å². The number of ether oxygens (including phenoxy) is 1. The van der Waals surface area contributed by atoms with Crippen LogP contribution in [0.1, 0.15) is 5.56 Å². The Labute approximate surface area is 159 Å². The zero-order chi connectivity index (χ0) is 19.9. The highest BCUT2D eigenvalue weighted by molar-refractivity contribution is 7.92. The predicted molar refractivity (Wildman–Crippen MR) is 104 cm³/mol. The fourth-order valence-electron chi connectivity index (χ4n) is 1.97. The third kappa shape index (κ3) is 6.31. The van der Waals surface area contributed by atoms with Crippen LogP contribution in [-0.2, 0) is 14.9 Å². The Hall–Kier alpha value is -3.06. The van der Waals surface area contributed by atoms with Crippen LogP contribution in [0.25, 0.3) is 0 Å². The molecule has 7 heteroatoms. The highest BCUT2D eigenvalue weighted by atomic mass is 32.2. The molecule has 0 saturated heterocycles. The van der Waals surface area contributed by atoms with Crippen LogP contribution in [0.5, 0.6) is 11.5 Å². The summed E-state index contributed by atoms with van der Waals surface area (Å²) in [5.74, 6) is -0.690. The molecule has 0 aliphatic carbocycles.